The van der Waals surface area contributed by atoms with Gasteiger partial charge in [-0.3, -0.25) is 0 Å². The van der Waals surface area contributed by atoms with Gasteiger partial charge in [-0.2, -0.15) is 5.26 Å². The zero-order valence-electron chi connectivity index (χ0n) is 14.7. The molecule has 0 radical (unpaired) electrons. The molecular weight excluding hydrogens is 424 g/mol. The van der Waals surface area contributed by atoms with E-state index in [1.165, 1.54) is 12.5 Å². The highest BCUT2D eigenvalue weighted by molar-refractivity contribution is 9.10. The average molecular weight is 437 g/mol. The predicted molar refractivity (Wildman–Crippen MR) is 107 cm³/mol. The highest BCUT2D eigenvalue weighted by atomic mass is 79.9. The molecule has 0 atom stereocenters. The number of ether oxygens (including phenoxy) is 1. The van der Waals surface area contributed by atoms with Crippen molar-refractivity contribution < 1.29 is 18.0 Å². The summed E-state index contributed by atoms with van der Waals surface area (Å²) in [6, 6.07) is 14.7. The van der Waals surface area contributed by atoms with Gasteiger partial charge in [0, 0.05) is 16.3 Å². The minimum absolute atomic E-state index is 0.155. The summed E-state index contributed by atoms with van der Waals surface area (Å²) in [6.45, 7) is 0. The number of hydrogen-bond acceptors (Lipinski definition) is 6. The van der Waals surface area contributed by atoms with Crippen molar-refractivity contribution in [3.8, 4) is 34.7 Å². The molecule has 7 heteroatoms. The van der Waals surface area contributed by atoms with Gasteiger partial charge in [-0.1, -0.05) is 15.9 Å². The molecule has 0 saturated heterocycles. The topological polar surface area (TPSA) is 84.8 Å². The Hall–Kier alpha value is -3.50. The lowest BCUT2D eigenvalue weighted by molar-refractivity contribution is 0.414. The first-order valence-electron chi connectivity index (χ1n) is 8.23. The first-order chi connectivity index (χ1) is 13.7. The number of furan rings is 3. The van der Waals surface area contributed by atoms with Crippen molar-refractivity contribution in [3.05, 3.63) is 70.6 Å². The van der Waals surface area contributed by atoms with E-state index in [1.54, 1.807) is 37.6 Å². The average Bonchev–Trinajstić information content (AvgIpc) is 3.46. The number of halogens is 1. The van der Waals surface area contributed by atoms with E-state index in [-0.39, 0.29) is 11.4 Å². The van der Waals surface area contributed by atoms with Crippen LogP contribution in [0.25, 0.3) is 22.8 Å². The molecule has 28 heavy (non-hydrogen) atoms. The number of hydrogen-bond donors (Lipinski definition) is 0. The van der Waals surface area contributed by atoms with Crippen molar-refractivity contribution in [3.63, 3.8) is 0 Å². The summed E-state index contributed by atoms with van der Waals surface area (Å²) in [5, 5.41) is 9.76. The fraction of sp³-hybridized carbons (Fsp3) is 0.0476. The Morgan fingerprint density at radius 1 is 1.11 bits per heavy atom. The molecular formula is C21H13BrN2O4. The summed E-state index contributed by atoms with van der Waals surface area (Å²) in [7, 11) is 1.58. The molecule has 3 heterocycles. The number of benzene rings is 1. The maximum atomic E-state index is 9.76. The van der Waals surface area contributed by atoms with Gasteiger partial charge in [0.25, 0.3) is 0 Å². The van der Waals surface area contributed by atoms with E-state index in [1.807, 2.05) is 18.2 Å². The van der Waals surface area contributed by atoms with Crippen LogP contribution in [-0.4, -0.2) is 13.3 Å². The second kappa shape index (κ2) is 7.62. The van der Waals surface area contributed by atoms with Gasteiger partial charge >= 0.3 is 0 Å². The summed E-state index contributed by atoms with van der Waals surface area (Å²) < 4.78 is 23.1. The lowest BCUT2D eigenvalue weighted by atomic mass is 10.1. The highest BCUT2D eigenvalue weighted by Crippen LogP contribution is 2.42. The van der Waals surface area contributed by atoms with E-state index in [0.29, 0.717) is 28.6 Å². The molecule has 3 aromatic heterocycles. The van der Waals surface area contributed by atoms with Gasteiger partial charge in [0.15, 0.2) is 11.5 Å². The lowest BCUT2D eigenvalue weighted by Crippen LogP contribution is -1.90. The van der Waals surface area contributed by atoms with Gasteiger partial charge < -0.3 is 18.0 Å². The van der Waals surface area contributed by atoms with E-state index >= 15 is 0 Å². The van der Waals surface area contributed by atoms with Gasteiger partial charge in [-0.05, 0) is 42.5 Å². The van der Waals surface area contributed by atoms with Crippen LogP contribution in [0.3, 0.4) is 0 Å². The molecule has 0 fully saturated rings. The molecule has 0 aliphatic heterocycles. The second-order valence-electron chi connectivity index (χ2n) is 5.70. The van der Waals surface area contributed by atoms with E-state index in [2.05, 4.69) is 27.0 Å². The van der Waals surface area contributed by atoms with Crippen LogP contribution >= 0.6 is 15.9 Å². The zero-order valence-corrected chi connectivity index (χ0v) is 16.3. The number of nitriles is 1. The van der Waals surface area contributed by atoms with Crippen molar-refractivity contribution in [2.75, 3.05) is 7.11 Å². The fourth-order valence-corrected chi connectivity index (χ4v) is 3.16. The first kappa shape index (κ1) is 17.9. The monoisotopic (exact) mass is 436 g/mol. The van der Waals surface area contributed by atoms with Crippen molar-refractivity contribution in [2.24, 2.45) is 4.99 Å². The number of aliphatic imine (C=N–C) groups is 1. The van der Waals surface area contributed by atoms with Crippen LogP contribution in [0.5, 0.6) is 5.75 Å². The van der Waals surface area contributed by atoms with E-state index in [0.717, 1.165) is 10.0 Å². The Balaban J connectivity index is 1.86. The minimum atomic E-state index is 0.155. The largest absolute Gasteiger partial charge is 0.496 e. The summed E-state index contributed by atoms with van der Waals surface area (Å²) >= 11 is 3.43. The van der Waals surface area contributed by atoms with Crippen LogP contribution in [0, 0.1) is 11.3 Å². The van der Waals surface area contributed by atoms with Gasteiger partial charge in [-0.15, -0.1) is 0 Å². The smallest absolute Gasteiger partial charge is 0.238 e. The summed E-state index contributed by atoms with van der Waals surface area (Å²) in [6.07, 6.45) is 4.65. The van der Waals surface area contributed by atoms with Crippen molar-refractivity contribution >= 4 is 28.0 Å². The second-order valence-corrected chi connectivity index (χ2v) is 6.61. The zero-order chi connectivity index (χ0) is 19.5. The Bertz CT molecular complexity index is 1170. The van der Waals surface area contributed by atoms with Crippen LogP contribution in [-0.2, 0) is 0 Å². The van der Waals surface area contributed by atoms with Gasteiger partial charge in [0.2, 0.25) is 5.88 Å². The van der Waals surface area contributed by atoms with Gasteiger partial charge in [0.1, 0.15) is 23.1 Å². The van der Waals surface area contributed by atoms with Crippen molar-refractivity contribution in [2.45, 2.75) is 0 Å². The highest BCUT2D eigenvalue weighted by Gasteiger charge is 2.26. The first-order valence-corrected chi connectivity index (χ1v) is 9.03. The predicted octanol–water partition coefficient (Wildman–Crippen LogP) is 6.19. The maximum Gasteiger partial charge on any atom is 0.238 e. The molecule has 0 spiro atoms. The third kappa shape index (κ3) is 3.26. The standard InChI is InChI=1S/C21H13BrN2O4/c1-25-16-7-6-14(22)10-13(16)12-24-21-15(11-23)19(17-4-2-8-26-17)20(28-21)18-5-3-9-27-18/h2-10,12H,1H3/b24-12+. The molecule has 1 aromatic carbocycles. The van der Waals surface area contributed by atoms with E-state index < -0.39 is 0 Å². The van der Waals surface area contributed by atoms with E-state index in [9.17, 15) is 5.26 Å². The number of nitrogens with zero attached hydrogens (tertiary/aromatic N) is 2. The molecule has 0 aliphatic rings. The molecule has 6 nitrogen and oxygen atoms in total. The van der Waals surface area contributed by atoms with Gasteiger partial charge in [0.05, 0.1) is 25.2 Å². The minimum Gasteiger partial charge on any atom is -0.496 e. The summed E-state index contributed by atoms with van der Waals surface area (Å²) in [4.78, 5) is 4.40. The van der Waals surface area contributed by atoms with Crippen LogP contribution in [0.1, 0.15) is 11.1 Å². The quantitative estimate of drug-likeness (QED) is 0.348. The molecule has 0 amide bonds. The van der Waals surface area contributed by atoms with Crippen molar-refractivity contribution in [1.29, 1.82) is 5.26 Å². The van der Waals surface area contributed by atoms with E-state index in [4.69, 9.17) is 18.0 Å². The third-order valence-corrected chi connectivity index (χ3v) is 4.52. The SMILES string of the molecule is COc1ccc(Br)cc1/C=N/c1oc(-c2ccco2)c(-c2ccco2)c1C#N. The normalized spacial score (nSPS) is 11.0. The third-order valence-electron chi connectivity index (χ3n) is 4.03. The molecule has 138 valence electrons. The van der Waals surface area contributed by atoms with Crippen LogP contribution in [0.15, 0.2) is 77.7 Å². The molecule has 0 N–H and O–H groups in total. The Labute approximate surface area is 168 Å². The fourth-order valence-electron chi connectivity index (χ4n) is 2.79. The lowest BCUT2D eigenvalue weighted by Gasteiger charge is -2.04. The molecule has 0 unspecified atom stereocenters. The summed E-state index contributed by atoms with van der Waals surface area (Å²) in [5.74, 6) is 2.15. The molecule has 4 rings (SSSR count). The molecule has 4 aromatic rings. The summed E-state index contributed by atoms with van der Waals surface area (Å²) in [5.41, 5.74) is 1.48. The Morgan fingerprint density at radius 3 is 2.50 bits per heavy atom. The van der Waals surface area contributed by atoms with Crippen LogP contribution in [0.2, 0.25) is 0 Å². The molecule has 0 saturated carbocycles. The number of rotatable bonds is 5. The maximum absolute atomic E-state index is 9.76. The van der Waals surface area contributed by atoms with Crippen LogP contribution < -0.4 is 4.74 Å². The van der Waals surface area contributed by atoms with Crippen LogP contribution in [0.4, 0.5) is 5.88 Å². The van der Waals surface area contributed by atoms with Crippen molar-refractivity contribution in [1.82, 2.24) is 0 Å². The number of methoxy groups -OCH3 is 1. The molecule has 0 bridgehead atoms. The Morgan fingerprint density at radius 2 is 1.86 bits per heavy atom. The van der Waals surface area contributed by atoms with Gasteiger partial charge in [-0.25, -0.2) is 4.99 Å². The Kier molecular flexibility index (Phi) is 4.87. The molecule has 0 aliphatic carbocycles.